The van der Waals surface area contributed by atoms with E-state index in [9.17, 15) is 0 Å². The molecule has 2 aromatic rings. The predicted molar refractivity (Wildman–Crippen MR) is 72.6 cm³/mol. The molecule has 0 spiro atoms. The minimum Gasteiger partial charge on any atom is -0.497 e. The van der Waals surface area contributed by atoms with Crippen molar-refractivity contribution in [2.24, 2.45) is 0 Å². The molecule has 0 saturated carbocycles. The quantitative estimate of drug-likeness (QED) is 0.759. The van der Waals surface area contributed by atoms with Crippen molar-refractivity contribution >= 4 is 0 Å². The van der Waals surface area contributed by atoms with Crippen LogP contribution in [0.4, 0.5) is 0 Å². The molecule has 2 aromatic carbocycles. The zero-order chi connectivity index (χ0) is 12.4. The van der Waals surface area contributed by atoms with Crippen LogP contribution in [0.3, 0.4) is 0 Å². The summed E-state index contributed by atoms with van der Waals surface area (Å²) in [5.41, 5.74) is 2.76. The lowest BCUT2D eigenvalue weighted by molar-refractivity contribution is 0.414. The number of hydrogen-bond acceptors (Lipinski definition) is 2. The maximum Gasteiger partial charge on any atom is 0.118 e. The lowest BCUT2D eigenvalue weighted by Gasteiger charge is -2.05. The topological polar surface area (TPSA) is 12.2 Å². The minimum absolute atomic E-state index is 0.580. The summed E-state index contributed by atoms with van der Waals surface area (Å²) in [7, 11) is 1.70. The van der Waals surface area contributed by atoms with Crippen LogP contribution in [-0.4, -0.2) is 18.6 Å². The molecular formula is C16H17NO. The smallest absolute Gasteiger partial charge is 0.118 e. The average Bonchev–Trinajstić information content (AvgIpc) is 3.19. The highest BCUT2D eigenvalue weighted by atomic mass is 16.5. The minimum atomic E-state index is 0.580. The summed E-state index contributed by atoms with van der Waals surface area (Å²) >= 11 is 0. The Balaban J connectivity index is 1.63. The second-order valence-electron chi connectivity index (χ2n) is 4.70. The Labute approximate surface area is 108 Å². The third-order valence-electron chi connectivity index (χ3n) is 3.44. The SMILES string of the molecule is COc1ccc([C@H]2CN2Cc2ccccc2)cc1. The molecule has 1 fully saturated rings. The van der Waals surface area contributed by atoms with Crippen LogP contribution in [0.1, 0.15) is 17.2 Å². The van der Waals surface area contributed by atoms with Crippen LogP contribution in [-0.2, 0) is 6.54 Å². The molecule has 0 aromatic heterocycles. The Morgan fingerprint density at radius 1 is 1.06 bits per heavy atom. The summed E-state index contributed by atoms with van der Waals surface area (Å²) < 4.78 is 5.18. The highest BCUT2D eigenvalue weighted by Crippen LogP contribution is 2.36. The van der Waals surface area contributed by atoms with Crippen molar-refractivity contribution < 1.29 is 4.74 Å². The second kappa shape index (κ2) is 4.83. The van der Waals surface area contributed by atoms with Crippen molar-refractivity contribution in [2.75, 3.05) is 13.7 Å². The molecule has 0 aliphatic carbocycles. The van der Waals surface area contributed by atoms with Crippen LogP contribution in [0.2, 0.25) is 0 Å². The van der Waals surface area contributed by atoms with Crippen LogP contribution in [0.15, 0.2) is 54.6 Å². The molecule has 1 unspecified atom stereocenters. The highest BCUT2D eigenvalue weighted by molar-refractivity contribution is 5.32. The maximum atomic E-state index is 5.18. The molecule has 0 radical (unpaired) electrons. The standard InChI is InChI=1S/C16H17NO/c1-18-15-9-7-14(8-10-15)16-12-17(16)11-13-5-3-2-4-6-13/h2-10,16H,11-12H2,1H3/t16-,17?/m1/s1. The average molecular weight is 239 g/mol. The molecule has 0 bridgehead atoms. The van der Waals surface area contributed by atoms with Gasteiger partial charge in [0.2, 0.25) is 0 Å². The van der Waals surface area contributed by atoms with Crippen LogP contribution in [0, 0.1) is 0 Å². The van der Waals surface area contributed by atoms with E-state index in [1.807, 2.05) is 12.1 Å². The van der Waals surface area contributed by atoms with Crippen molar-refractivity contribution in [3.05, 3.63) is 65.7 Å². The van der Waals surface area contributed by atoms with Gasteiger partial charge in [-0.3, -0.25) is 4.90 Å². The molecule has 2 nitrogen and oxygen atoms in total. The van der Waals surface area contributed by atoms with Crippen molar-refractivity contribution in [3.8, 4) is 5.75 Å². The molecule has 2 heteroatoms. The Morgan fingerprint density at radius 3 is 2.44 bits per heavy atom. The van der Waals surface area contributed by atoms with Gasteiger partial charge < -0.3 is 4.74 Å². The van der Waals surface area contributed by atoms with E-state index in [1.54, 1.807) is 7.11 Å². The third-order valence-corrected chi connectivity index (χ3v) is 3.44. The van der Waals surface area contributed by atoms with Crippen molar-refractivity contribution in [1.82, 2.24) is 4.90 Å². The Hall–Kier alpha value is -1.80. The zero-order valence-electron chi connectivity index (χ0n) is 10.5. The number of hydrogen-bond donors (Lipinski definition) is 0. The van der Waals surface area contributed by atoms with Gasteiger partial charge in [0.15, 0.2) is 0 Å². The van der Waals surface area contributed by atoms with Gasteiger partial charge in [0.25, 0.3) is 0 Å². The molecule has 1 aliphatic rings. The van der Waals surface area contributed by atoms with Gasteiger partial charge in [-0.2, -0.15) is 0 Å². The fourth-order valence-electron chi connectivity index (χ4n) is 2.31. The molecule has 1 heterocycles. The summed E-state index contributed by atoms with van der Waals surface area (Å²) in [5.74, 6) is 0.925. The van der Waals surface area contributed by atoms with Crippen molar-refractivity contribution in [2.45, 2.75) is 12.6 Å². The summed E-state index contributed by atoms with van der Waals surface area (Å²) in [6.07, 6.45) is 0. The molecule has 92 valence electrons. The van der Waals surface area contributed by atoms with Gasteiger partial charge in [0.1, 0.15) is 5.75 Å². The lowest BCUT2D eigenvalue weighted by Crippen LogP contribution is -1.98. The molecule has 3 rings (SSSR count). The molecule has 1 saturated heterocycles. The fraction of sp³-hybridized carbons (Fsp3) is 0.250. The third kappa shape index (κ3) is 2.39. The van der Waals surface area contributed by atoms with Gasteiger partial charge in [-0.25, -0.2) is 0 Å². The van der Waals surface area contributed by atoms with Gasteiger partial charge in [0.05, 0.1) is 7.11 Å². The van der Waals surface area contributed by atoms with Crippen molar-refractivity contribution in [1.29, 1.82) is 0 Å². The summed E-state index contributed by atoms with van der Waals surface area (Å²) in [5, 5.41) is 0. The van der Waals surface area contributed by atoms with Gasteiger partial charge in [0, 0.05) is 19.1 Å². The monoisotopic (exact) mass is 239 g/mol. The molecule has 18 heavy (non-hydrogen) atoms. The van der Waals surface area contributed by atoms with E-state index in [0.29, 0.717) is 6.04 Å². The highest BCUT2D eigenvalue weighted by Gasteiger charge is 2.34. The van der Waals surface area contributed by atoms with E-state index >= 15 is 0 Å². The number of methoxy groups -OCH3 is 1. The van der Waals surface area contributed by atoms with E-state index in [4.69, 9.17) is 4.74 Å². The maximum absolute atomic E-state index is 5.18. The van der Waals surface area contributed by atoms with Gasteiger partial charge >= 0.3 is 0 Å². The first-order valence-corrected chi connectivity index (χ1v) is 6.29. The molecule has 1 aliphatic heterocycles. The lowest BCUT2D eigenvalue weighted by atomic mass is 10.1. The van der Waals surface area contributed by atoms with Gasteiger partial charge in [-0.15, -0.1) is 0 Å². The van der Waals surface area contributed by atoms with Crippen LogP contribution >= 0.6 is 0 Å². The van der Waals surface area contributed by atoms with Crippen molar-refractivity contribution in [3.63, 3.8) is 0 Å². The van der Waals surface area contributed by atoms with Gasteiger partial charge in [-0.05, 0) is 23.3 Å². The number of nitrogens with zero attached hydrogens (tertiary/aromatic N) is 1. The fourth-order valence-corrected chi connectivity index (χ4v) is 2.31. The first kappa shape index (κ1) is 11.3. The first-order chi connectivity index (χ1) is 8.86. The largest absolute Gasteiger partial charge is 0.497 e. The van der Waals surface area contributed by atoms with E-state index in [2.05, 4.69) is 47.4 Å². The Bertz CT molecular complexity index is 506. The number of rotatable bonds is 4. The molecule has 0 amide bonds. The van der Waals surface area contributed by atoms with Gasteiger partial charge in [-0.1, -0.05) is 42.5 Å². The summed E-state index contributed by atoms with van der Waals surface area (Å²) in [6.45, 7) is 2.19. The predicted octanol–water partition coefficient (Wildman–Crippen LogP) is 3.25. The normalized spacial score (nSPS) is 21.6. The van der Waals surface area contributed by atoms with Crippen LogP contribution in [0.5, 0.6) is 5.75 Å². The number of ether oxygens (including phenoxy) is 1. The zero-order valence-corrected chi connectivity index (χ0v) is 10.5. The number of benzene rings is 2. The van der Waals surface area contributed by atoms with Crippen LogP contribution in [0.25, 0.3) is 0 Å². The Kier molecular flexibility index (Phi) is 3.03. The van der Waals surface area contributed by atoms with Crippen LogP contribution < -0.4 is 4.74 Å². The van der Waals surface area contributed by atoms with E-state index < -0.39 is 0 Å². The molecule has 0 N–H and O–H groups in total. The summed E-state index contributed by atoms with van der Waals surface area (Å²) in [4.78, 5) is 2.47. The molecular weight excluding hydrogens is 222 g/mol. The summed E-state index contributed by atoms with van der Waals surface area (Å²) in [6, 6.07) is 19.6. The Morgan fingerprint density at radius 2 is 1.78 bits per heavy atom. The first-order valence-electron chi connectivity index (χ1n) is 6.29. The van der Waals surface area contributed by atoms with E-state index in [1.165, 1.54) is 11.1 Å². The molecule has 2 atom stereocenters. The van der Waals surface area contributed by atoms with E-state index in [-0.39, 0.29) is 0 Å². The second-order valence-corrected chi connectivity index (χ2v) is 4.70. The van der Waals surface area contributed by atoms with E-state index in [0.717, 1.165) is 18.8 Å².